The number of hydrogen-bond acceptors (Lipinski definition) is 6. The third-order valence-corrected chi connectivity index (χ3v) is 5.50. The second-order valence-corrected chi connectivity index (χ2v) is 7.78. The molecule has 4 rings (SSSR count). The van der Waals surface area contributed by atoms with E-state index < -0.39 is 17.7 Å². The predicted octanol–water partition coefficient (Wildman–Crippen LogP) is 3.91. The molecule has 3 unspecified atom stereocenters. The Morgan fingerprint density at radius 1 is 1.20 bits per heavy atom. The molecule has 0 saturated carbocycles. The van der Waals surface area contributed by atoms with Crippen molar-refractivity contribution in [1.29, 1.82) is 0 Å². The number of amides is 2. The third kappa shape index (κ3) is 7.43. The van der Waals surface area contributed by atoms with Gasteiger partial charge in [-0.05, 0) is 51.4 Å². The van der Waals surface area contributed by atoms with Crippen LogP contribution in [0.2, 0.25) is 0 Å². The number of nitrogens with one attached hydrogen (secondary N) is 2. The summed E-state index contributed by atoms with van der Waals surface area (Å²) in [5, 5.41) is 5.85. The molecule has 3 heterocycles. The van der Waals surface area contributed by atoms with Crippen LogP contribution < -0.4 is 20.3 Å². The minimum atomic E-state index is -0.940. The highest BCUT2D eigenvalue weighted by Gasteiger charge is 2.32. The lowest BCUT2D eigenvalue weighted by Gasteiger charge is -2.17. The fourth-order valence-electron chi connectivity index (χ4n) is 3.68. The van der Waals surface area contributed by atoms with Crippen LogP contribution in [0, 0.1) is 11.6 Å². The number of methoxy groups -OCH3 is 1. The van der Waals surface area contributed by atoms with Gasteiger partial charge in [0, 0.05) is 24.5 Å². The molecule has 2 N–H and O–H groups in total. The highest BCUT2D eigenvalue weighted by molar-refractivity contribution is 5.99. The van der Waals surface area contributed by atoms with Gasteiger partial charge in [-0.2, -0.15) is 4.39 Å². The van der Waals surface area contributed by atoms with Crippen LogP contribution in [-0.4, -0.2) is 55.8 Å². The zero-order chi connectivity index (χ0) is 26.0. The normalized spacial score (nSPS) is 20.9. The summed E-state index contributed by atoms with van der Waals surface area (Å²) >= 11 is 0. The number of carbonyl (C=O) groups is 2. The predicted molar refractivity (Wildman–Crippen MR) is 131 cm³/mol. The maximum Gasteiger partial charge on any atom is 0.253 e. The Bertz CT molecular complexity index is 992. The van der Waals surface area contributed by atoms with Crippen LogP contribution in [0.15, 0.2) is 36.5 Å². The van der Waals surface area contributed by atoms with E-state index in [1.807, 2.05) is 20.8 Å². The van der Waals surface area contributed by atoms with Gasteiger partial charge in [0.25, 0.3) is 5.91 Å². The second kappa shape index (κ2) is 13.7. The maximum atomic E-state index is 12.5. The van der Waals surface area contributed by atoms with Crippen molar-refractivity contribution in [3.8, 4) is 5.75 Å². The molecule has 1 aromatic heterocycles. The zero-order valence-corrected chi connectivity index (χ0v) is 20.8. The summed E-state index contributed by atoms with van der Waals surface area (Å²) in [6, 6.07) is 7.07. The van der Waals surface area contributed by atoms with Gasteiger partial charge in [-0.3, -0.25) is 14.5 Å². The van der Waals surface area contributed by atoms with Crippen LogP contribution in [0.3, 0.4) is 0 Å². The average molecular weight is 493 g/mol. The summed E-state index contributed by atoms with van der Waals surface area (Å²) in [5.41, 5.74) is 0.629. The zero-order valence-electron chi connectivity index (χ0n) is 20.8. The maximum absolute atomic E-state index is 12.5. The number of pyridine rings is 1. The van der Waals surface area contributed by atoms with Crippen LogP contribution >= 0.6 is 0 Å². The number of ether oxygens (including phenoxy) is 2. The summed E-state index contributed by atoms with van der Waals surface area (Å²) in [5.74, 6) is -1.47. The first-order valence-electron chi connectivity index (χ1n) is 11.7. The average Bonchev–Trinajstić information content (AvgIpc) is 3.48. The number of anilines is 2. The second-order valence-electron chi connectivity index (χ2n) is 7.78. The van der Waals surface area contributed by atoms with E-state index in [-0.39, 0.29) is 29.7 Å². The minimum absolute atomic E-state index is 0.0106. The number of hydrogen-bond donors (Lipinski definition) is 2. The molecule has 2 saturated heterocycles. The fraction of sp³-hybridized carbons (Fsp3) is 0.480. The highest BCUT2D eigenvalue weighted by atomic mass is 19.2. The molecule has 0 bridgehead atoms. The molecule has 3 atom stereocenters. The van der Waals surface area contributed by atoms with Crippen LogP contribution in [0.1, 0.15) is 40.0 Å². The molecule has 8 nitrogen and oxygen atoms in total. The molecule has 0 radical (unpaired) electrons. The topological polar surface area (TPSA) is 92.8 Å². The van der Waals surface area contributed by atoms with Crippen molar-refractivity contribution in [1.82, 2.24) is 10.3 Å². The van der Waals surface area contributed by atoms with Crippen LogP contribution in [-0.2, 0) is 14.3 Å². The molecular formula is C25H34F2N4O4. The number of rotatable bonds is 5. The van der Waals surface area contributed by atoms with Crippen molar-refractivity contribution < 1.29 is 27.8 Å². The molecule has 0 spiro atoms. The summed E-state index contributed by atoms with van der Waals surface area (Å²) in [6.07, 6.45) is 3.71. The van der Waals surface area contributed by atoms with E-state index in [2.05, 4.69) is 20.4 Å². The van der Waals surface area contributed by atoms with Gasteiger partial charge in [-0.1, -0.05) is 19.9 Å². The highest BCUT2D eigenvalue weighted by Crippen LogP contribution is 2.24. The van der Waals surface area contributed by atoms with Gasteiger partial charge in [-0.25, -0.2) is 9.37 Å². The molecule has 192 valence electrons. The summed E-state index contributed by atoms with van der Waals surface area (Å²) in [7, 11) is 3.07. The Balaban J connectivity index is 0.000000302. The number of aromatic nitrogens is 1. The third-order valence-electron chi connectivity index (χ3n) is 5.50. The van der Waals surface area contributed by atoms with Gasteiger partial charge in [0.1, 0.15) is 11.9 Å². The van der Waals surface area contributed by atoms with E-state index in [9.17, 15) is 18.4 Å². The first-order chi connectivity index (χ1) is 16.8. The van der Waals surface area contributed by atoms with Gasteiger partial charge in [-0.15, -0.1) is 0 Å². The molecule has 0 aliphatic carbocycles. The van der Waals surface area contributed by atoms with Gasteiger partial charge >= 0.3 is 0 Å². The lowest BCUT2D eigenvalue weighted by molar-refractivity contribution is -0.126. The summed E-state index contributed by atoms with van der Waals surface area (Å²) in [4.78, 5) is 30.3. The Hall–Kier alpha value is -3.11. The standard InChI is InChI=1S/C16H22N4O3.C7H6F2O.C2H6/c1-10-3-4-13(23-10)15(21)19-11-5-7-18-14(9-11)20-8-6-12(17-2)16(20)22;1-10-6-4-2-3-5(8)7(6)9;1-2/h5,7,9-10,12-13,17H,3-4,6,8H2,1-2H3,(H,18,19,21);2-4H,1H3;1-2H3. The first-order valence-corrected chi connectivity index (χ1v) is 11.7. The number of nitrogens with zero attached hydrogens (tertiary/aromatic N) is 2. The first kappa shape index (κ1) is 28.1. The minimum Gasteiger partial charge on any atom is -0.494 e. The van der Waals surface area contributed by atoms with E-state index in [0.29, 0.717) is 18.1 Å². The lowest BCUT2D eigenvalue weighted by atomic mass is 10.2. The van der Waals surface area contributed by atoms with Crippen molar-refractivity contribution in [2.24, 2.45) is 0 Å². The molecular weight excluding hydrogens is 458 g/mol. The van der Waals surface area contributed by atoms with Gasteiger partial charge in [0.2, 0.25) is 11.7 Å². The monoisotopic (exact) mass is 492 g/mol. The van der Waals surface area contributed by atoms with E-state index in [0.717, 1.165) is 25.3 Å². The molecule has 35 heavy (non-hydrogen) atoms. The number of carbonyl (C=O) groups excluding carboxylic acids is 2. The van der Waals surface area contributed by atoms with E-state index in [4.69, 9.17) is 4.74 Å². The Kier molecular flexibility index (Phi) is 11.0. The molecule has 2 fully saturated rings. The Morgan fingerprint density at radius 2 is 1.94 bits per heavy atom. The largest absolute Gasteiger partial charge is 0.494 e. The van der Waals surface area contributed by atoms with Crippen molar-refractivity contribution in [3.63, 3.8) is 0 Å². The molecule has 10 heteroatoms. The van der Waals surface area contributed by atoms with Crippen molar-refractivity contribution >= 4 is 23.3 Å². The quantitative estimate of drug-likeness (QED) is 0.658. The lowest BCUT2D eigenvalue weighted by Crippen LogP contribution is -2.36. The van der Waals surface area contributed by atoms with Gasteiger partial charge in [0.05, 0.1) is 19.3 Å². The molecule has 2 aliphatic rings. The SMILES string of the molecule is CC.CNC1CCN(c2cc(NC(=O)C3CCC(C)O3)ccn2)C1=O.COc1cccc(F)c1F. The molecule has 2 aromatic rings. The molecule has 2 aliphatic heterocycles. The molecule has 2 amide bonds. The van der Waals surface area contributed by atoms with Crippen molar-refractivity contribution in [3.05, 3.63) is 48.2 Å². The van der Waals surface area contributed by atoms with Crippen LogP contribution in [0.5, 0.6) is 5.75 Å². The fourth-order valence-corrected chi connectivity index (χ4v) is 3.68. The van der Waals surface area contributed by atoms with Gasteiger partial charge < -0.3 is 20.1 Å². The number of likely N-dealkylation sites (N-methyl/N-ethyl adjacent to an activating group) is 1. The Labute approximate surface area is 205 Å². The Morgan fingerprint density at radius 3 is 2.51 bits per heavy atom. The van der Waals surface area contributed by atoms with Gasteiger partial charge in [0.15, 0.2) is 11.6 Å². The molecule has 1 aromatic carbocycles. The summed E-state index contributed by atoms with van der Waals surface area (Å²) < 4.78 is 34.9. The number of benzene rings is 1. The van der Waals surface area contributed by atoms with E-state index >= 15 is 0 Å². The van der Waals surface area contributed by atoms with E-state index in [1.165, 1.54) is 19.2 Å². The summed E-state index contributed by atoms with van der Waals surface area (Å²) in [6.45, 7) is 6.59. The van der Waals surface area contributed by atoms with Crippen LogP contribution in [0.25, 0.3) is 0 Å². The number of halogens is 2. The van der Waals surface area contributed by atoms with E-state index in [1.54, 1.807) is 30.3 Å². The van der Waals surface area contributed by atoms with Crippen molar-refractivity contribution in [2.45, 2.75) is 58.3 Å². The smallest absolute Gasteiger partial charge is 0.253 e. The van der Waals surface area contributed by atoms with Crippen LogP contribution in [0.4, 0.5) is 20.3 Å². The van der Waals surface area contributed by atoms with Crippen molar-refractivity contribution in [2.75, 3.05) is 30.9 Å².